The van der Waals surface area contributed by atoms with E-state index in [1.54, 1.807) is 0 Å². The third-order valence-electron chi connectivity index (χ3n) is 1.92. The molecule has 66 valence electrons. The molecule has 2 rings (SSSR count). The van der Waals surface area contributed by atoms with Gasteiger partial charge in [-0.2, -0.15) is 0 Å². The zero-order valence-electron chi connectivity index (χ0n) is 6.88. The molecule has 0 radical (unpaired) electrons. The first-order valence-electron chi connectivity index (χ1n) is 4.00. The van der Waals surface area contributed by atoms with E-state index in [9.17, 15) is 4.79 Å². The standard InChI is InChI=1S/C10H8ClNO/c11-10(13)6-8-5-7-3-1-2-4-9(7)12-8/h1-5,12H,6H2. The molecule has 1 aromatic heterocycles. The highest BCUT2D eigenvalue weighted by molar-refractivity contribution is 6.63. The molecule has 0 bridgehead atoms. The summed E-state index contributed by atoms with van der Waals surface area (Å²) >= 11 is 5.28. The maximum Gasteiger partial charge on any atom is 0.227 e. The normalized spacial score (nSPS) is 10.5. The number of nitrogens with one attached hydrogen (secondary N) is 1. The lowest BCUT2D eigenvalue weighted by molar-refractivity contribution is -0.111. The number of rotatable bonds is 2. The average molecular weight is 194 g/mol. The summed E-state index contributed by atoms with van der Waals surface area (Å²) in [5, 5.41) is 0.766. The Hall–Kier alpha value is -1.28. The van der Waals surface area contributed by atoms with Gasteiger partial charge in [-0.05, 0) is 29.1 Å². The smallest absolute Gasteiger partial charge is 0.227 e. The third-order valence-corrected chi connectivity index (χ3v) is 2.05. The summed E-state index contributed by atoms with van der Waals surface area (Å²) in [6, 6.07) is 9.81. The van der Waals surface area contributed by atoms with Crippen molar-refractivity contribution in [3.63, 3.8) is 0 Å². The van der Waals surface area contributed by atoms with E-state index in [-0.39, 0.29) is 11.7 Å². The summed E-state index contributed by atoms with van der Waals surface area (Å²) in [5.74, 6) is 0. The lowest BCUT2D eigenvalue weighted by Crippen LogP contribution is -1.92. The Morgan fingerprint density at radius 3 is 2.85 bits per heavy atom. The molecular weight excluding hydrogens is 186 g/mol. The van der Waals surface area contributed by atoms with Crippen LogP contribution in [-0.2, 0) is 11.2 Å². The van der Waals surface area contributed by atoms with E-state index in [0.29, 0.717) is 0 Å². The first-order valence-corrected chi connectivity index (χ1v) is 4.38. The highest BCUT2D eigenvalue weighted by Gasteiger charge is 2.02. The monoisotopic (exact) mass is 193 g/mol. The van der Waals surface area contributed by atoms with Crippen molar-refractivity contribution in [3.05, 3.63) is 36.0 Å². The van der Waals surface area contributed by atoms with Crippen LogP contribution in [0, 0.1) is 0 Å². The summed E-state index contributed by atoms with van der Waals surface area (Å²) < 4.78 is 0. The van der Waals surface area contributed by atoms with Crippen LogP contribution in [0.3, 0.4) is 0 Å². The van der Waals surface area contributed by atoms with Crippen LogP contribution in [0.1, 0.15) is 5.69 Å². The number of carbonyl (C=O) groups is 1. The van der Waals surface area contributed by atoms with Crippen molar-refractivity contribution in [1.29, 1.82) is 0 Å². The Balaban J connectivity index is 2.44. The number of aromatic amines is 1. The SMILES string of the molecule is O=C(Cl)Cc1cc2ccccc2[nH]1. The van der Waals surface area contributed by atoms with Crippen LogP contribution in [0.25, 0.3) is 10.9 Å². The van der Waals surface area contributed by atoms with Crippen LogP contribution in [0.4, 0.5) is 0 Å². The highest BCUT2D eigenvalue weighted by atomic mass is 35.5. The maximum atomic E-state index is 10.6. The van der Waals surface area contributed by atoms with E-state index in [0.717, 1.165) is 16.6 Å². The van der Waals surface area contributed by atoms with E-state index < -0.39 is 0 Å². The molecule has 0 amide bonds. The van der Waals surface area contributed by atoms with Crippen LogP contribution < -0.4 is 0 Å². The largest absolute Gasteiger partial charge is 0.358 e. The fraction of sp³-hybridized carbons (Fsp3) is 0.100. The van der Waals surface area contributed by atoms with Gasteiger partial charge in [-0.3, -0.25) is 4.79 Å². The number of para-hydroxylation sites is 1. The lowest BCUT2D eigenvalue weighted by atomic mass is 10.2. The summed E-state index contributed by atoms with van der Waals surface area (Å²) in [5.41, 5.74) is 1.90. The highest BCUT2D eigenvalue weighted by Crippen LogP contribution is 2.15. The van der Waals surface area contributed by atoms with Crippen molar-refractivity contribution >= 4 is 27.7 Å². The molecule has 0 aliphatic carbocycles. The molecule has 2 nitrogen and oxygen atoms in total. The predicted octanol–water partition coefficient (Wildman–Crippen LogP) is 2.48. The van der Waals surface area contributed by atoms with Gasteiger partial charge >= 0.3 is 0 Å². The Kier molecular flexibility index (Phi) is 2.07. The number of hydrogen-bond acceptors (Lipinski definition) is 1. The van der Waals surface area contributed by atoms with Gasteiger partial charge in [0.1, 0.15) is 0 Å². The van der Waals surface area contributed by atoms with Crippen LogP contribution >= 0.6 is 11.6 Å². The van der Waals surface area contributed by atoms with Crippen molar-refractivity contribution in [2.75, 3.05) is 0 Å². The van der Waals surface area contributed by atoms with Gasteiger partial charge in [0.15, 0.2) is 0 Å². The van der Waals surface area contributed by atoms with E-state index in [1.807, 2.05) is 30.3 Å². The first kappa shape index (κ1) is 8.32. The van der Waals surface area contributed by atoms with Gasteiger partial charge in [0.2, 0.25) is 5.24 Å². The second-order valence-corrected chi connectivity index (χ2v) is 3.34. The summed E-state index contributed by atoms with van der Waals surface area (Å²) in [4.78, 5) is 13.8. The Labute approximate surface area is 80.5 Å². The number of hydrogen-bond donors (Lipinski definition) is 1. The summed E-state index contributed by atoms with van der Waals surface area (Å²) in [7, 11) is 0. The molecule has 0 fully saturated rings. The molecule has 0 aliphatic rings. The quantitative estimate of drug-likeness (QED) is 0.731. The minimum Gasteiger partial charge on any atom is -0.358 e. The molecular formula is C10H8ClNO. The topological polar surface area (TPSA) is 32.9 Å². The molecule has 0 spiro atoms. The molecule has 1 N–H and O–H groups in total. The van der Waals surface area contributed by atoms with Crippen molar-refractivity contribution in [3.8, 4) is 0 Å². The van der Waals surface area contributed by atoms with Gasteiger partial charge < -0.3 is 4.98 Å². The van der Waals surface area contributed by atoms with Crippen LogP contribution in [0.15, 0.2) is 30.3 Å². The summed E-state index contributed by atoms with van der Waals surface area (Å²) in [6.45, 7) is 0. The molecule has 3 heteroatoms. The van der Waals surface area contributed by atoms with Crippen LogP contribution in [0.2, 0.25) is 0 Å². The summed E-state index contributed by atoms with van der Waals surface area (Å²) in [6.07, 6.45) is 0.260. The molecule has 0 unspecified atom stereocenters. The van der Waals surface area contributed by atoms with Gasteiger partial charge in [-0.25, -0.2) is 0 Å². The van der Waals surface area contributed by atoms with Gasteiger partial charge in [0.05, 0.1) is 6.42 Å². The number of benzene rings is 1. The minimum atomic E-state index is -0.341. The number of aromatic nitrogens is 1. The fourth-order valence-corrected chi connectivity index (χ4v) is 1.52. The van der Waals surface area contributed by atoms with Gasteiger partial charge in [0.25, 0.3) is 0 Å². The molecule has 1 heterocycles. The van der Waals surface area contributed by atoms with E-state index in [2.05, 4.69) is 4.98 Å². The second kappa shape index (κ2) is 3.23. The number of H-pyrrole nitrogens is 1. The van der Waals surface area contributed by atoms with Crippen molar-refractivity contribution in [1.82, 2.24) is 4.98 Å². The Morgan fingerprint density at radius 2 is 2.15 bits per heavy atom. The first-order chi connectivity index (χ1) is 6.25. The zero-order valence-corrected chi connectivity index (χ0v) is 7.64. The second-order valence-electron chi connectivity index (χ2n) is 2.91. The molecule has 2 aromatic rings. The number of fused-ring (bicyclic) bond motifs is 1. The van der Waals surface area contributed by atoms with Crippen molar-refractivity contribution < 1.29 is 4.79 Å². The molecule has 0 aliphatic heterocycles. The van der Waals surface area contributed by atoms with E-state index >= 15 is 0 Å². The molecule has 13 heavy (non-hydrogen) atoms. The van der Waals surface area contributed by atoms with Crippen LogP contribution in [-0.4, -0.2) is 10.2 Å². The van der Waals surface area contributed by atoms with Gasteiger partial charge in [0, 0.05) is 11.2 Å². The van der Waals surface area contributed by atoms with Crippen molar-refractivity contribution in [2.45, 2.75) is 6.42 Å². The van der Waals surface area contributed by atoms with Crippen molar-refractivity contribution in [2.24, 2.45) is 0 Å². The molecule has 0 saturated carbocycles. The Bertz CT molecular complexity index is 414. The third kappa shape index (κ3) is 1.73. The lowest BCUT2D eigenvalue weighted by Gasteiger charge is -1.87. The van der Waals surface area contributed by atoms with Gasteiger partial charge in [-0.15, -0.1) is 0 Å². The fourth-order valence-electron chi connectivity index (χ4n) is 1.38. The molecule has 1 aromatic carbocycles. The molecule has 0 atom stereocenters. The molecule has 0 saturated heterocycles. The van der Waals surface area contributed by atoms with E-state index in [4.69, 9.17) is 11.6 Å². The van der Waals surface area contributed by atoms with Crippen LogP contribution in [0.5, 0.6) is 0 Å². The number of halogens is 1. The zero-order chi connectivity index (χ0) is 9.26. The predicted molar refractivity (Wildman–Crippen MR) is 52.9 cm³/mol. The Morgan fingerprint density at radius 1 is 1.38 bits per heavy atom. The van der Waals surface area contributed by atoms with E-state index in [1.165, 1.54) is 0 Å². The number of carbonyl (C=O) groups excluding carboxylic acids is 1. The minimum absolute atomic E-state index is 0.260. The average Bonchev–Trinajstić information content (AvgIpc) is 2.44. The maximum absolute atomic E-state index is 10.6. The van der Waals surface area contributed by atoms with Gasteiger partial charge in [-0.1, -0.05) is 18.2 Å².